The maximum absolute atomic E-state index is 4.00. The summed E-state index contributed by atoms with van der Waals surface area (Å²) < 4.78 is 3.47. The van der Waals surface area contributed by atoms with E-state index in [0.29, 0.717) is 0 Å². The van der Waals surface area contributed by atoms with Crippen molar-refractivity contribution in [1.29, 1.82) is 0 Å². The summed E-state index contributed by atoms with van der Waals surface area (Å²) in [4.78, 5) is 0. The van der Waals surface area contributed by atoms with Gasteiger partial charge in [-0.05, 0) is 13.8 Å². The van der Waals surface area contributed by atoms with Crippen molar-refractivity contribution in [1.82, 2.24) is 30.0 Å². The van der Waals surface area contributed by atoms with Gasteiger partial charge in [0.05, 0.1) is 11.4 Å². The van der Waals surface area contributed by atoms with Gasteiger partial charge in [0, 0.05) is 14.1 Å². The molecule has 0 fully saturated rings. The molecule has 6 nitrogen and oxygen atoms in total. The van der Waals surface area contributed by atoms with Crippen molar-refractivity contribution in [2.75, 3.05) is 0 Å². The molecule has 0 aliphatic heterocycles. The molecule has 6 heteroatoms. The van der Waals surface area contributed by atoms with Gasteiger partial charge in [0.25, 0.3) is 0 Å². The lowest BCUT2D eigenvalue weighted by Crippen LogP contribution is -2.01. The van der Waals surface area contributed by atoms with Gasteiger partial charge in [-0.2, -0.15) is 0 Å². The van der Waals surface area contributed by atoms with Gasteiger partial charge in [0.15, 0.2) is 0 Å². The molecule has 2 heterocycles. The van der Waals surface area contributed by atoms with Crippen molar-refractivity contribution in [3.05, 3.63) is 11.4 Å². The second-order valence-electron chi connectivity index (χ2n) is 3.29. The number of aromatic nitrogens is 6. The topological polar surface area (TPSA) is 61.4 Å². The molecular weight excluding hydrogens is 180 g/mol. The standard InChI is InChI=1S/C8H12N6/c1-5-7(13(3)11-9-5)8-6(2)10-12-14(8)4/h1-4H3. The van der Waals surface area contributed by atoms with Gasteiger partial charge in [-0.3, -0.25) is 0 Å². The van der Waals surface area contributed by atoms with Gasteiger partial charge < -0.3 is 0 Å². The van der Waals surface area contributed by atoms with Crippen molar-refractivity contribution in [3.63, 3.8) is 0 Å². The first-order chi connectivity index (χ1) is 6.61. The maximum Gasteiger partial charge on any atom is 0.111 e. The van der Waals surface area contributed by atoms with E-state index >= 15 is 0 Å². The van der Waals surface area contributed by atoms with Crippen LogP contribution in [0.2, 0.25) is 0 Å². The van der Waals surface area contributed by atoms with Gasteiger partial charge in [-0.15, -0.1) is 10.2 Å². The van der Waals surface area contributed by atoms with Crippen molar-refractivity contribution in [2.45, 2.75) is 13.8 Å². The minimum atomic E-state index is 0.890. The van der Waals surface area contributed by atoms with Crippen molar-refractivity contribution < 1.29 is 0 Å². The molecule has 0 aromatic carbocycles. The minimum Gasteiger partial charge on any atom is -0.246 e. The quantitative estimate of drug-likeness (QED) is 0.648. The third kappa shape index (κ3) is 1.11. The molecule has 0 aliphatic rings. The monoisotopic (exact) mass is 192 g/mol. The molecule has 0 atom stereocenters. The van der Waals surface area contributed by atoms with Gasteiger partial charge in [-0.25, -0.2) is 9.36 Å². The van der Waals surface area contributed by atoms with E-state index in [1.54, 1.807) is 9.36 Å². The lowest BCUT2D eigenvalue weighted by atomic mass is 10.2. The molecule has 2 aromatic rings. The summed E-state index contributed by atoms with van der Waals surface area (Å²) in [5.74, 6) is 0. The molecular formula is C8H12N6. The number of hydrogen-bond acceptors (Lipinski definition) is 4. The Kier molecular flexibility index (Phi) is 1.83. The van der Waals surface area contributed by atoms with E-state index in [2.05, 4.69) is 20.6 Å². The second-order valence-corrected chi connectivity index (χ2v) is 3.29. The molecule has 0 aliphatic carbocycles. The van der Waals surface area contributed by atoms with Gasteiger partial charge in [0.1, 0.15) is 11.4 Å². The summed E-state index contributed by atoms with van der Waals surface area (Å²) >= 11 is 0. The normalized spacial score (nSPS) is 10.9. The van der Waals surface area contributed by atoms with Gasteiger partial charge >= 0.3 is 0 Å². The fourth-order valence-corrected chi connectivity index (χ4v) is 1.57. The molecule has 2 rings (SSSR count). The Morgan fingerprint density at radius 1 is 0.786 bits per heavy atom. The van der Waals surface area contributed by atoms with Crippen LogP contribution < -0.4 is 0 Å². The first kappa shape index (κ1) is 8.86. The number of aryl methyl sites for hydroxylation is 4. The summed E-state index contributed by atoms with van der Waals surface area (Å²) in [7, 11) is 3.73. The Morgan fingerprint density at radius 3 is 1.36 bits per heavy atom. The highest BCUT2D eigenvalue weighted by Crippen LogP contribution is 2.21. The highest BCUT2D eigenvalue weighted by atomic mass is 15.5. The van der Waals surface area contributed by atoms with Crippen LogP contribution in [0.15, 0.2) is 0 Å². The van der Waals surface area contributed by atoms with Crippen LogP contribution in [0.4, 0.5) is 0 Å². The van der Waals surface area contributed by atoms with Crippen LogP contribution in [-0.4, -0.2) is 30.0 Å². The van der Waals surface area contributed by atoms with Crippen molar-refractivity contribution >= 4 is 0 Å². The van der Waals surface area contributed by atoms with Crippen LogP contribution >= 0.6 is 0 Å². The van der Waals surface area contributed by atoms with Crippen molar-refractivity contribution in [2.24, 2.45) is 14.1 Å². The lowest BCUT2D eigenvalue weighted by molar-refractivity contribution is 0.694. The molecule has 0 N–H and O–H groups in total. The van der Waals surface area contributed by atoms with Crippen molar-refractivity contribution in [3.8, 4) is 11.4 Å². The molecule has 0 saturated carbocycles. The SMILES string of the molecule is Cc1nnn(C)c1-c1c(C)nnn1C. The summed E-state index contributed by atoms with van der Waals surface area (Å²) in [6.07, 6.45) is 0. The summed E-state index contributed by atoms with van der Waals surface area (Å²) in [6.45, 7) is 3.85. The fraction of sp³-hybridized carbons (Fsp3) is 0.500. The van der Waals surface area contributed by atoms with E-state index in [-0.39, 0.29) is 0 Å². The zero-order chi connectivity index (χ0) is 10.3. The number of hydrogen-bond donors (Lipinski definition) is 0. The lowest BCUT2D eigenvalue weighted by Gasteiger charge is -2.02. The van der Waals surface area contributed by atoms with Crippen LogP contribution in [0.3, 0.4) is 0 Å². The van der Waals surface area contributed by atoms with E-state index in [0.717, 1.165) is 22.8 Å². The highest BCUT2D eigenvalue weighted by molar-refractivity contribution is 5.59. The van der Waals surface area contributed by atoms with E-state index in [1.165, 1.54) is 0 Å². The number of rotatable bonds is 1. The van der Waals surface area contributed by atoms with E-state index in [4.69, 9.17) is 0 Å². The Labute approximate surface area is 81.5 Å². The first-order valence-electron chi connectivity index (χ1n) is 4.34. The highest BCUT2D eigenvalue weighted by Gasteiger charge is 2.16. The molecule has 74 valence electrons. The molecule has 0 bridgehead atoms. The van der Waals surface area contributed by atoms with E-state index in [9.17, 15) is 0 Å². The van der Waals surface area contributed by atoms with Gasteiger partial charge in [0.2, 0.25) is 0 Å². The first-order valence-corrected chi connectivity index (χ1v) is 4.34. The van der Waals surface area contributed by atoms with Crippen LogP contribution in [-0.2, 0) is 14.1 Å². The third-order valence-corrected chi connectivity index (χ3v) is 2.21. The average molecular weight is 192 g/mol. The summed E-state index contributed by atoms with van der Waals surface area (Å²) in [5.41, 5.74) is 3.71. The van der Waals surface area contributed by atoms with Crippen LogP contribution in [0, 0.1) is 13.8 Å². The molecule has 0 spiro atoms. The Hall–Kier alpha value is -1.72. The molecule has 0 unspecified atom stereocenters. The van der Waals surface area contributed by atoms with Crippen LogP contribution in [0.5, 0.6) is 0 Å². The zero-order valence-electron chi connectivity index (χ0n) is 8.68. The predicted molar refractivity (Wildman–Crippen MR) is 50.5 cm³/mol. The molecule has 0 amide bonds. The Bertz CT molecular complexity index is 383. The van der Waals surface area contributed by atoms with Gasteiger partial charge in [-0.1, -0.05) is 10.4 Å². The van der Waals surface area contributed by atoms with E-state index < -0.39 is 0 Å². The molecule has 2 aromatic heterocycles. The Balaban J connectivity index is 2.71. The second kappa shape index (κ2) is 2.90. The molecule has 0 saturated heterocycles. The largest absolute Gasteiger partial charge is 0.246 e. The summed E-state index contributed by atoms with van der Waals surface area (Å²) in [5, 5.41) is 15.9. The molecule has 0 radical (unpaired) electrons. The molecule has 14 heavy (non-hydrogen) atoms. The maximum atomic E-state index is 4.00. The Morgan fingerprint density at radius 2 is 1.14 bits per heavy atom. The van der Waals surface area contributed by atoms with Crippen LogP contribution in [0.1, 0.15) is 11.4 Å². The average Bonchev–Trinajstić information content (AvgIpc) is 2.60. The third-order valence-electron chi connectivity index (χ3n) is 2.21. The van der Waals surface area contributed by atoms with Crippen LogP contribution in [0.25, 0.3) is 11.4 Å². The smallest absolute Gasteiger partial charge is 0.111 e. The number of nitrogens with zero attached hydrogens (tertiary/aromatic N) is 6. The predicted octanol–water partition coefficient (Wildman–Crippen LogP) is 0.227. The summed E-state index contributed by atoms with van der Waals surface area (Å²) in [6, 6.07) is 0. The zero-order valence-corrected chi connectivity index (χ0v) is 8.68. The van der Waals surface area contributed by atoms with E-state index in [1.807, 2.05) is 27.9 Å². The fourth-order valence-electron chi connectivity index (χ4n) is 1.57. The minimum absolute atomic E-state index is 0.890.